The van der Waals surface area contributed by atoms with Gasteiger partial charge in [-0.1, -0.05) is 30.3 Å². The van der Waals surface area contributed by atoms with Crippen LogP contribution in [0.3, 0.4) is 0 Å². The lowest BCUT2D eigenvalue weighted by molar-refractivity contribution is -0.116. The van der Waals surface area contributed by atoms with Gasteiger partial charge in [0, 0.05) is 34.5 Å². The Morgan fingerprint density at radius 3 is 2.56 bits per heavy atom. The average Bonchev–Trinajstić information content (AvgIpc) is 2.80. The number of hydrogen-bond donors (Lipinski definition) is 2. The van der Waals surface area contributed by atoms with Gasteiger partial charge in [0.1, 0.15) is 0 Å². The number of amides is 1. The predicted octanol–water partition coefficient (Wildman–Crippen LogP) is 5.51. The van der Waals surface area contributed by atoms with E-state index in [1.54, 1.807) is 0 Å². The highest BCUT2D eigenvalue weighted by atomic mass is 16.1. The smallest absolute Gasteiger partial charge is 0.226 e. The zero-order valence-corrected chi connectivity index (χ0v) is 16.7. The minimum Gasteiger partial charge on any atom is -0.380 e. The molecule has 1 unspecified atom stereocenters. The zero-order chi connectivity index (χ0) is 19.3. The molecule has 1 aliphatic heterocycles. The summed E-state index contributed by atoms with van der Waals surface area (Å²) in [6.45, 7) is 11.0. The third-order valence-electron chi connectivity index (χ3n) is 5.27. The number of nitrogens with one attached hydrogen (secondary N) is 2. The highest BCUT2D eigenvalue weighted by Crippen LogP contribution is 2.43. The molecule has 0 saturated heterocycles. The first kappa shape index (κ1) is 17.7. The first-order valence-corrected chi connectivity index (χ1v) is 9.57. The van der Waals surface area contributed by atoms with E-state index in [1.807, 2.05) is 12.1 Å². The molecule has 3 aromatic rings. The lowest BCUT2D eigenvalue weighted by Gasteiger charge is -2.28. The summed E-state index contributed by atoms with van der Waals surface area (Å²) in [5.41, 5.74) is 6.62. The minimum atomic E-state index is -0.0779. The van der Waals surface area contributed by atoms with E-state index in [4.69, 9.17) is 0 Å². The molecule has 2 heterocycles. The van der Waals surface area contributed by atoms with Crippen molar-refractivity contribution in [2.75, 3.05) is 10.6 Å². The molecule has 4 nitrogen and oxygen atoms in total. The number of benzene rings is 2. The van der Waals surface area contributed by atoms with Gasteiger partial charge >= 0.3 is 0 Å². The van der Waals surface area contributed by atoms with Crippen LogP contribution in [0.4, 0.5) is 11.4 Å². The van der Waals surface area contributed by atoms with Crippen LogP contribution < -0.4 is 10.6 Å². The molecule has 0 saturated carbocycles. The van der Waals surface area contributed by atoms with Gasteiger partial charge in [0.25, 0.3) is 0 Å². The van der Waals surface area contributed by atoms with Crippen molar-refractivity contribution in [3.63, 3.8) is 0 Å². The highest BCUT2D eigenvalue weighted by Gasteiger charge is 2.27. The number of aromatic nitrogens is 1. The monoisotopic (exact) mass is 361 g/mol. The van der Waals surface area contributed by atoms with E-state index < -0.39 is 0 Å². The van der Waals surface area contributed by atoms with Gasteiger partial charge in [-0.2, -0.15) is 0 Å². The SMILES string of the molecule is Cc1c(-c2cccc3c2NC(C)CC(=O)N3)n(C(C)(C)C)c2ccccc12. The van der Waals surface area contributed by atoms with E-state index in [1.165, 1.54) is 22.2 Å². The number of anilines is 2. The van der Waals surface area contributed by atoms with Crippen molar-refractivity contribution in [1.29, 1.82) is 0 Å². The quantitative estimate of drug-likeness (QED) is 0.600. The fraction of sp³-hybridized carbons (Fsp3) is 0.348. The van der Waals surface area contributed by atoms with Crippen molar-refractivity contribution in [2.45, 2.75) is 52.6 Å². The Hall–Kier alpha value is -2.75. The van der Waals surface area contributed by atoms with Crippen LogP contribution in [0.25, 0.3) is 22.2 Å². The van der Waals surface area contributed by atoms with Crippen LogP contribution in [0.1, 0.15) is 39.7 Å². The van der Waals surface area contributed by atoms with E-state index in [0.29, 0.717) is 6.42 Å². The summed E-state index contributed by atoms with van der Waals surface area (Å²) in [5.74, 6) is 0.0546. The first-order valence-electron chi connectivity index (χ1n) is 9.57. The van der Waals surface area contributed by atoms with E-state index in [9.17, 15) is 4.79 Å². The molecule has 4 rings (SSSR count). The number of para-hydroxylation sites is 2. The molecule has 140 valence electrons. The molecule has 2 N–H and O–H groups in total. The maximum Gasteiger partial charge on any atom is 0.226 e. The summed E-state index contributed by atoms with van der Waals surface area (Å²) in [5, 5.41) is 7.91. The summed E-state index contributed by atoms with van der Waals surface area (Å²) in [7, 11) is 0. The molecular formula is C23H27N3O. The standard InChI is InChI=1S/C23H27N3O/c1-14-13-20(27)25-18-11-8-10-17(21(18)24-14)22-15(2)16-9-6-7-12-19(16)26(22)23(3,4)5/h6-12,14,24H,13H2,1-5H3,(H,25,27). The lowest BCUT2D eigenvalue weighted by atomic mass is 10.0. The first-order chi connectivity index (χ1) is 12.8. The Balaban J connectivity index is 2.06. The maximum atomic E-state index is 12.2. The summed E-state index contributed by atoms with van der Waals surface area (Å²) in [6.07, 6.45) is 0.468. The molecule has 0 fully saturated rings. The summed E-state index contributed by atoms with van der Waals surface area (Å²) >= 11 is 0. The van der Waals surface area contributed by atoms with Crippen LogP contribution >= 0.6 is 0 Å². The molecule has 0 aliphatic carbocycles. The lowest BCUT2D eigenvalue weighted by Crippen LogP contribution is -2.23. The van der Waals surface area contributed by atoms with Crippen molar-refractivity contribution in [3.8, 4) is 11.3 Å². The largest absolute Gasteiger partial charge is 0.380 e. The van der Waals surface area contributed by atoms with Crippen LogP contribution in [0, 0.1) is 6.92 Å². The van der Waals surface area contributed by atoms with Crippen LogP contribution in [0.15, 0.2) is 42.5 Å². The molecule has 0 spiro atoms. The van der Waals surface area contributed by atoms with Gasteiger partial charge in [-0.15, -0.1) is 0 Å². The third-order valence-corrected chi connectivity index (χ3v) is 5.27. The van der Waals surface area contributed by atoms with E-state index in [2.05, 4.69) is 80.2 Å². The predicted molar refractivity (Wildman–Crippen MR) is 113 cm³/mol. The second-order valence-electron chi connectivity index (χ2n) is 8.52. The van der Waals surface area contributed by atoms with Gasteiger partial charge in [0.05, 0.1) is 17.1 Å². The third kappa shape index (κ3) is 2.89. The molecule has 1 atom stereocenters. The van der Waals surface area contributed by atoms with E-state index >= 15 is 0 Å². The molecule has 1 amide bonds. The van der Waals surface area contributed by atoms with Gasteiger partial charge in [0.2, 0.25) is 5.91 Å². The molecular weight excluding hydrogens is 334 g/mol. The fourth-order valence-electron chi connectivity index (χ4n) is 4.21. The average molecular weight is 361 g/mol. The van der Waals surface area contributed by atoms with Gasteiger partial charge in [-0.3, -0.25) is 4.79 Å². The highest BCUT2D eigenvalue weighted by molar-refractivity contribution is 6.02. The topological polar surface area (TPSA) is 46.1 Å². The van der Waals surface area contributed by atoms with Crippen molar-refractivity contribution < 1.29 is 4.79 Å². The molecule has 1 aromatic heterocycles. The maximum absolute atomic E-state index is 12.2. The van der Waals surface area contributed by atoms with Crippen molar-refractivity contribution in [1.82, 2.24) is 4.57 Å². The van der Waals surface area contributed by atoms with Gasteiger partial charge in [-0.25, -0.2) is 0 Å². The van der Waals surface area contributed by atoms with E-state index in [0.717, 1.165) is 16.9 Å². The summed E-state index contributed by atoms with van der Waals surface area (Å²) < 4.78 is 2.42. The van der Waals surface area contributed by atoms with Crippen LogP contribution in [-0.2, 0) is 10.3 Å². The van der Waals surface area contributed by atoms with Crippen molar-refractivity contribution in [3.05, 3.63) is 48.0 Å². The Kier molecular flexibility index (Phi) is 4.02. The number of rotatable bonds is 1. The number of nitrogens with zero attached hydrogens (tertiary/aromatic N) is 1. The summed E-state index contributed by atoms with van der Waals surface area (Å²) in [6, 6.07) is 14.8. The normalized spacial score (nSPS) is 17.2. The number of carbonyl (C=O) groups excluding carboxylic acids is 1. The Morgan fingerprint density at radius 1 is 1.07 bits per heavy atom. The second-order valence-corrected chi connectivity index (χ2v) is 8.52. The fourth-order valence-corrected chi connectivity index (χ4v) is 4.21. The van der Waals surface area contributed by atoms with Gasteiger partial charge in [-0.05, 0) is 52.3 Å². The van der Waals surface area contributed by atoms with Crippen LogP contribution in [0.2, 0.25) is 0 Å². The number of aryl methyl sites for hydroxylation is 1. The summed E-state index contributed by atoms with van der Waals surface area (Å²) in [4.78, 5) is 12.2. The molecule has 0 radical (unpaired) electrons. The number of fused-ring (bicyclic) bond motifs is 2. The van der Waals surface area contributed by atoms with Gasteiger partial charge < -0.3 is 15.2 Å². The van der Waals surface area contributed by atoms with Crippen LogP contribution in [0.5, 0.6) is 0 Å². The Labute approximate surface area is 160 Å². The zero-order valence-electron chi connectivity index (χ0n) is 16.7. The molecule has 0 bridgehead atoms. The Morgan fingerprint density at radius 2 is 1.81 bits per heavy atom. The minimum absolute atomic E-state index is 0.0546. The van der Waals surface area contributed by atoms with Crippen LogP contribution in [-0.4, -0.2) is 16.5 Å². The molecule has 2 aromatic carbocycles. The van der Waals surface area contributed by atoms with Gasteiger partial charge in [0.15, 0.2) is 0 Å². The van der Waals surface area contributed by atoms with Crippen molar-refractivity contribution in [2.24, 2.45) is 0 Å². The number of carbonyl (C=O) groups is 1. The molecule has 4 heteroatoms. The van der Waals surface area contributed by atoms with E-state index in [-0.39, 0.29) is 17.5 Å². The molecule has 1 aliphatic rings. The Bertz CT molecular complexity index is 1040. The number of hydrogen-bond acceptors (Lipinski definition) is 2. The van der Waals surface area contributed by atoms with Crippen molar-refractivity contribution >= 4 is 28.2 Å². The molecule has 27 heavy (non-hydrogen) atoms. The second kappa shape index (κ2) is 6.15.